The number of carbonyl (C=O) groups excluding carboxylic acids is 5. The van der Waals surface area contributed by atoms with Gasteiger partial charge in [0.2, 0.25) is 17.7 Å². The predicted octanol–water partition coefficient (Wildman–Crippen LogP) is 7.65. The molecule has 0 unspecified atom stereocenters. The minimum Gasteiger partial charge on any atom is -0.457 e. The van der Waals surface area contributed by atoms with Crippen molar-refractivity contribution in [1.29, 1.82) is 0 Å². The van der Waals surface area contributed by atoms with Crippen molar-refractivity contribution in [3.8, 4) is 21.9 Å². The lowest BCUT2D eigenvalue weighted by Gasteiger charge is -2.35. The van der Waals surface area contributed by atoms with Crippen molar-refractivity contribution in [3.63, 3.8) is 0 Å². The summed E-state index contributed by atoms with van der Waals surface area (Å²) in [7, 11) is 0. The zero-order valence-electron chi connectivity index (χ0n) is 46.5. The molecule has 0 radical (unpaired) electrons. The van der Waals surface area contributed by atoms with E-state index in [4.69, 9.17) is 44.8 Å². The summed E-state index contributed by atoms with van der Waals surface area (Å²) in [6.45, 7) is 11.5. The van der Waals surface area contributed by atoms with Gasteiger partial charge in [-0.05, 0) is 72.0 Å². The van der Waals surface area contributed by atoms with Gasteiger partial charge < -0.3 is 69.7 Å². The Balaban J connectivity index is 0.723. The second kappa shape index (κ2) is 32.9. The Morgan fingerprint density at radius 1 is 0.735 bits per heavy atom. The molecule has 1 aliphatic rings. The van der Waals surface area contributed by atoms with Crippen LogP contribution in [0.25, 0.3) is 10.4 Å². The molecule has 6 rings (SSSR count). The van der Waals surface area contributed by atoms with Gasteiger partial charge in [-0.15, -0.1) is 11.3 Å². The van der Waals surface area contributed by atoms with Crippen LogP contribution in [0.5, 0.6) is 11.5 Å². The smallest absolute Gasteiger partial charge is 0.417 e. The van der Waals surface area contributed by atoms with Crippen molar-refractivity contribution >= 4 is 64.0 Å². The molecule has 450 valence electrons. The fraction of sp³-hybridized carbons (Fsp3) is 0.456. The second-order valence-corrected chi connectivity index (χ2v) is 21.2. The summed E-state index contributed by atoms with van der Waals surface area (Å²) in [5.74, 6) is -0.954. The van der Waals surface area contributed by atoms with Crippen LogP contribution >= 0.6 is 22.9 Å². The third-order valence-corrected chi connectivity index (χ3v) is 13.7. The SMILES string of the molecule is Cc1ncsc1-c1ccc(CNC(=O)[C@@H]2C[C@@H](O)CN2C(=O)[C@H](NC(=O)CCOCCOCCOCCOCCOCCOCCNC(=O)c2cc(Oc3ccc(NC(=O)Nc4ccc(Cl)c(C(F)(F)F)c4)cc3)ccn2)C(C)(C)C)cc1. The zero-order valence-corrected chi connectivity index (χ0v) is 48.1. The van der Waals surface area contributed by atoms with Gasteiger partial charge in [-0.2, -0.15) is 13.2 Å². The summed E-state index contributed by atoms with van der Waals surface area (Å²) in [5, 5.41) is 23.4. The quantitative estimate of drug-likeness (QED) is 0.0226. The first-order valence-electron chi connectivity index (χ1n) is 26.7. The number of benzene rings is 3. The lowest BCUT2D eigenvalue weighted by Crippen LogP contribution is -2.57. The summed E-state index contributed by atoms with van der Waals surface area (Å²) < 4.78 is 78.6. The molecule has 6 N–H and O–H groups in total. The molecule has 2 aromatic heterocycles. The number of aromatic nitrogens is 2. The Morgan fingerprint density at radius 3 is 1.92 bits per heavy atom. The third-order valence-electron chi connectivity index (χ3n) is 12.4. The van der Waals surface area contributed by atoms with E-state index in [9.17, 15) is 42.3 Å². The van der Waals surface area contributed by atoms with Gasteiger partial charge in [0.05, 0.1) is 112 Å². The summed E-state index contributed by atoms with van der Waals surface area (Å²) in [4.78, 5) is 76.3. The molecule has 0 spiro atoms. The average Bonchev–Trinajstić information content (AvgIpc) is 4.10. The number of ether oxygens (including phenoxy) is 7. The number of thiazole rings is 1. The van der Waals surface area contributed by atoms with E-state index in [1.54, 1.807) is 35.0 Å². The van der Waals surface area contributed by atoms with Crippen molar-refractivity contribution in [3.05, 3.63) is 118 Å². The number of likely N-dealkylation sites (tertiary alicyclic amines) is 1. The Morgan fingerprint density at radius 2 is 1.33 bits per heavy atom. The number of urea groups is 1. The van der Waals surface area contributed by atoms with Gasteiger partial charge in [0.25, 0.3) is 5.91 Å². The molecule has 1 fully saturated rings. The molecular weight excluding hydrogens is 1130 g/mol. The highest BCUT2D eigenvalue weighted by Crippen LogP contribution is 2.36. The Bertz CT molecular complexity index is 2880. The lowest BCUT2D eigenvalue weighted by atomic mass is 9.85. The van der Waals surface area contributed by atoms with Gasteiger partial charge in [0.1, 0.15) is 29.3 Å². The number of hydrogen-bond donors (Lipinski definition) is 6. The fourth-order valence-corrected chi connectivity index (χ4v) is 9.20. The third kappa shape index (κ3) is 22.0. The van der Waals surface area contributed by atoms with Crippen LogP contribution in [0.15, 0.2) is 90.6 Å². The van der Waals surface area contributed by atoms with Crippen LogP contribution in [-0.2, 0) is 55.5 Å². The first-order valence-corrected chi connectivity index (χ1v) is 28.0. The van der Waals surface area contributed by atoms with E-state index >= 15 is 0 Å². The number of alkyl halides is 3. The van der Waals surface area contributed by atoms with E-state index in [-0.39, 0.29) is 82.1 Å². The molecule has 1 aliphatic heterocycles. The number of aryl methyl sites for hydroxylation is 1. The molecule has 3 aromatic carbocycles. The highest BCUT2D eigenvalue weighted by molar-refractivity contribution is 7.13. The minimum absolute atomic E-state index is 0.00294. The lowest BCUT2D eigenvalue weighted by molar-refractivity contribution is -0.144. The van der Waals surface area contributed by atoms with Gasteiger partial charge in [-0.1, -0.05) is 56.6 Å². The van der Waals surface area contributed by atoms with E-state index in [2.05, 4.69) is 36.6 Å². The second-order valence-electron chi connectivity index (χ2n) is 19.9. The zero-order chi connectivity index (χ0) is 59.8. The minimum atomic E-state index is -4.68. The van der Waals surface area contributed by atoms with E-state index in [1.807, 2.05) is 52.0 Å². The number of halogens is 4. The number of carbonyl (C=O) groups is 5. The number of nitrogens with zero attached hydrogens (tertiary/aromatic N) is 3. The number of amides is 6. The van der Waals surface area contributed by atoms with Crippen LogP contribution in [0.3, 0.4) is 0 Å². The first-order chi connectivity index (χ1) is 39.7. The summed E-state index contributed by atoms with van der Waals surface area (Å²) in [6.07, 6.45) is -4.06. The van der Waals surface area contributed by atoms with Crippen LogP contribution in [-0.4, -0.2) is 160 Å². The number of anilines is 2. The number of pyridine rings is 1. The Kier molecular flexibility index (Phi) is 25.9. The van der Waals surface area contributed by atoms with Gasteiger partial charge in [-0.25, -0.2) is 9.78 Å². The molecule has 3 heterocycles. The van der Waals surface area contributed by atoms with E-state index in [0.717, 1.165) is 33.8 Å². The largest absolute Gasteiger partial charge is 0.457 e. The van der Waals surface area contributed by atoms with Crippen molar-refractivity contribution in [2.75, 3.05) is 103 Å². The molecule has 26 heteroatoms. The standard InChI is InChI=1S/C57H70ClF3N8O13S/c1-37-50(83-36-65-37)39-7-5-38(6-8-39)34-64-53(73)48-32-42(70)35-69(48)54(74)51(56(2,3)4)68-49(71)16-19-76-21-23-78-25-27-80-29-30-81-28-26-79-24-22-77-20-18-63-52(72)47-33-44(15-17-62-47)82-43-12-9-40(10-13-43)66-55(75)67-41-11-14-46(58)45(31-41)57(59,60)61/h5-15,17,31,33,36,42,48,51,70H,16,18-30,32,34-35H2,1-4H3,(H,63,72)(H,64,73)(H,68,71)(H2,66,67,75)/t42-,48+,51+/m1/s1. The van der Waals surface area contributed by atoms with E-state index in [1.165, 1.54) is 35.4 Å². The van der Waals surface area contributed by atoms with Crippen LogP contribution in [0.4, 0.5) is 29.3 Å². The van der Waals surface area contributed by atoms with E-state index < -0.39 is 58.2 Å². The maximum atomic E-state index is 13.9. The highest BCUT2D eigenvalue weighted by atomic mass is 35.5. The number of aliphatic hydroxyl groups is 1. The van der Waals surface area contributed by atoms with Gasteiger partial charge in [0, 0.05) is 56.1 Å². The van der Waals surface area contributed by atoms with Gasteiger partial charge in [0.15, 0.2) is 0 Å². The van der Waals surface area contributed by atoms with E-state index in [0.29, 0.717) is 70.0 Å². The first kappa shape index (κ1) is 65.3. The summed E-state index contributed by atoms with van der Waals surface area (Å²) >= 11 is 7.21. The van der Waals surface area contributed by atoms with Gasteiger partial charge >= 0.3 is 12.2 Å². The maximum absolute atomic E-state index is 13.9. The van der Waals surface area contributed by atoms with Crippen LogP contribution < -0.4 is 31.3 Å². The fourth-order valence-electron chi connectivity index (χ4n) is 8.16. The number of nitrogens with one attached hydrogen (secondary N) is 5. The molecular formula is C57H70ClF3N8O13S. The predicted molar refractivity (Wildman–Crippen MR) is 303 cm³/mol. The number of aliphatic hydroxyl groups excluding tert-OH is 1. The molecule has 6 amide bonds. The molecule has 0 aliphatic carbocycles. The topological polar surface area (TPSA) is 259 Å². The van der Waals surface area contributed by atoms with Crippen LogP contribution in [0, 0.1) is 12.3 Å². The van der Waals surface area contributed by atoms with Crippen molar-refractivity contribution in [1.82, 2.24) is 30.8 Å². The molecule has 5 aromatic rings. The normalized spacial score (nSPS) is 14.7. The Hall–Kier alpha value is -6.81. The Labute approximate surface area is 488 Å². The summed E-state index contributed by atoms with van der Waals surface area (Å²) in [6, 6.07) is 17.4. The highest BCUT2D eigenvalue weighted by Gasteiger charge is 2.44. The van der Waals surface area contributed by atoms with Crippen LogP contribution in [0.1, 0.15) is 60.9 Å². The summed E-state index contributed by atoms with van der Waals surface area (Å²) in [5.41, 5.74) is 3.25. The van der Waals surface area contributed by atoms with Gasteiger partial charge in [-0.3, -0.25) is 24.2 Å². The van der Waals surface area contributed by atoms with Crippen LogP contribution in [0.2, 0.25) is 5.02 Å². The number of hydrogen-bond acceptors (Lipinski definition) is 16. The van der Waals surface area contributed by atoms with Crippen molar-refractivity contribution < 1.29 is 75.4 Å². The molecule has 0 bridgehead atoms. The number of β-amino-alcohol motifs (C(OH)–C–C–N with tert-alkyl or cyclic N) is 1. The van der Waals surface area contributed by atoms with Crippen molar-refractivity contribution in [2.45, 2.75) is 71.4 Å². The average molecular weight is 1200 g/mol. The molecule has 1 saturated heterocycles. The maximum Gasteiger partial charge on any atom is 0.417 e. The molecule has 21 nitrogen and oxygen atoms in total. The molecule has 3 atom stereocenters. The number of rotatable bonds is 32. The molecule has 83 heavy (non-hydrogen) atoms. The molecule has 0 saturated carbocycles. The monoisotopic (exact) mass is 1200 g/mol. The van der Waals surface area contributed by atoms with Crippen molar-refractivity contribution in [2.24, 2.45) is 5.41 Å².